The molecule has 6 saturated carbocycles. The van der Waals surface area contributed by atoms with E-state index in [1.807, 2.05) is 109 Å². The highest BCUT2D eigenvalue weighted by molar-refractivity contribution is 5.83. The van der Waals surface area contributed by atoms with Crippen molar-refractivity contribution in [1.29, 1.82) is 0 Å². The quantitative estimate of drug-likeness (QED) is 0.0197. The topological polar surface area (TPSA) is 114 Å². The molecule has 0 aliphatic heterocycles. The minimum absolute atomic E-state index is 0.00781. The Hall–Kier alpha value is -6.16. The molecular formula is C93H130N2O8. The Morgan fingerprint density at radius 1 is 0.417 bits per heavy atom. The van der Waals surface area contributed by atoms with E-state index in [0.717, 1.165) is 174 Å². The van der Waals surface area contributed by atoms with Crippen LogP contribution in [-0.2, 0) is 19.1 Å². The largest absolute Gasteiger partial charge is 0.494 e. The van der Waals surface area contributed by atoms with Gasteiger partial charge in [-0.25, -0.2) is 0 Å². The van der Waals surface area contributed by atoms with E-state index in [1.54, 1.807) is 11.1 Å². The van der Waals surface area contributed by atoms with Gasteiger partial charge in [-0.2, -0.15) is 0 Å². The van der Waals surface area contributed by atoms with E-state index in [-0.39, 0.29) is 35.0 Å². The van der Waals surface area contributed by atoms with Crippen LogP contribution in [0.25, 0.3) is 0 Å². The SMILES string of the molecule is CC(C)CCC[C@@H](C)[C@H]1CC[C@H]2[C@@H]3CC=C4C[C@@H](OC(=O)CCCOc5ccc(C=Nc6ccc(OCCCCCOc7ccc(N=Cc8ccc(OCCCC(=O)O[C@H]9CC[C@@]%10(C)C(=CC[C@H]%11[C@@H]%12CC[C@H]([C@H](C)CCCC(C)C)[C@@]%12(C)CC[C@@H]%11%10)C9)cc8)cc7)cc6)cc5)CC[C@]4(C)[C@H]3CC[C@]12C. The van der Waals surface area contributed by atoms with Gasteiger partial charge in [-0.1, -0.05) is 131 Å². The van der Waals surface area contributed by atoms with Gasteiger partial charge in [0.05, 0.1) is 37.8 Å². The number of fused-ring (bicyclic) bond motifs is 10. The molecule has 4 aromatic carbocycles. The van der Waals surface area contributed by atoms with Gasteiger partial charge in [0.1, 0.15) is 35.2 Å². The average Bonchev–Trinajstić information content (AvgIpc) is 1.69. The molecule has 6 fully saturated rings. The summed E-state index contributed by atoms with van der Waals surface area (Å²) in [5.41, 5.74) is 8.33. The molecule has 0 spiro atoms. The molecule has 8 aliphatic rings. The van der Waals surface area contributed by atoms with Crippen LogP contribution < -0.4 is 18.9 Å². The van der Waals surface area contributed by atoms with Crippen molar-refractivity contribution in [2.75, 3.05) is 26.4 Å². The van der Waals surface area contributed by atoms with E-state index >= 15 is 0 Å². The van der Waals surface area contributed by atoms with E-state index in [9.17, 15) is 9.59 Å². The summed E-state index contributed by atoms with van der Waals surface area (Å²) in [6, 6.07) is 31.6. The van der Waals surface area contributed by atoms with Gasteiger partial charge in [-0.3, -0.25) is 19.6 Å². The summed E-state index contributed by atoms with van der Waals surface area (Å²) in [4.78, 5) is 35.6. The molecule has 0 amide bonds. The standard InChI is InChI=1S/C93H130N2O8/c1-64(2)18-14-20-66(5)82-44-46-84-80-42-28-70-60-78(48-52-90(70,7)86(80)50-54-92(82,84)9)102-88(96)22-16-58-100-74-34-24-68(25-35-74)62-94-72-30-38-76(39-31-72)98-56-12-11-13-57-99-77-40-32-73(33-41-77)95-63-69-26-36-75(37-27-69)101-59-17-23-89(97)103-79-49-53-91(8)71(61-79)29-43-81-85-47-45-83(67(6)21-15-19-65(3)4)93(85,10)55-51-87(81)91/h24-41,62-67,78-87H,11-23,42-61H2,1-10H3/t66-,67-,78+,79+,80+,81+,82-,83-,84+,85+,86+,87+,90+,91+,92-,93-/m1/s1. The van der Waals surface area contributed by atoms with Crippen molar-refractivity contribution in [2.45, 2.75) is 268 Å². The van der Waals surface area contributed by atoms with Crippen molar-refractivity contribution in [3.63, 3.8) is 0 Å². The predicted octanol–water partition coefficient (Wildman–Crippen LogP) is 24.0. The summed E-state index contributed by atoms with van der Waals surface area (Å²) in [7, 11) is 0. The van der Waals surface area contributed by atoms with Crippen LogP contribution in [0.5, 0.6) is 23.0 Å². The molecule has 12 rings (SSSR count). The van der Waals surface area contributed by atoms with E-state index in [1.165, 1.54) is 103 Å². The smallest absolute Gasteiger partial charge is 0.306 e. The molecular weight excluding hydrogens is 1270 g/mol. The summed E-state index contributed by atoms with van der Waals surface area (Å²) in [6.07, 6.45) is 41.8. The van der Waals surface area contributed by atoms with Gasteiger partial charge in [-0.15, -0.1) is 0 Å². The number of carbonyl (C=O) groups excluding carboxylic acids is 2. The highest BCUT2D eigenvalue weighted by Crippen LogP contribution is 2.69. The first-order chi connectivity index (χ1) is 49.8. The molecule has 0 radical (unpaired) electrons. The van der Waals surface area contributed by atoms with Crippen LogP contribution in [0.1, 0.15) is 267 Å². The Morgan fingerprint density at radius 3 is 1.17 bits per heavy atom. The fourth-order valence-corrected chi connectivity index (χ4v) is 22.4. The second-order valence-corrected chi connectivity index (χ2v) is 35.6. The number of rotatable bonds is 34. The molecule has 16 atom stereocenters. The minimum Gasteiger partial charge on any atom is -0.494 e. The first kappa shape index (κ1) is 76.5. The second-order valence-electron chi connectivity index (χ2n) is 35.6. The highest BCUT2D eigenvalue weighted by atomic mass is 16.5. The zero-order valence-electron chi connectivity index (χ0n) is 65.1. The van der Waals surface area contributed by atoms with Crippen LogP contribution in [0.3, 0.4) is 0 Å². The zero-order valence-corrected chi connectivity index (χ0v) is 65.1. The number of esters is 2. The van der Waals surface area contributed by atoms with Gasteiger partial charge in [0.2, 0.25) is 0 Å². The molecule has 0 unspecified atom stereocenters. The molecule has 103 heavy (non-hydrogen) atoms. The number of unbranched alkanes of at least 4 members (excludes halogenated alkanes) is 2. The summed E-state index contributed by atoms with van der Waals surface area (Å²) in [5, 5.41) is 0. The summed E-state index contributed by atoms with van der Waals surface area (Å²) in [5.74, 6) is 13.0. The van der Waals surface area contributed by atoms with Crippen LogP contribution in [-0.4, -0.2) is 63.0 Å². The number of aliphatic imine (C=N–C) groups is 2. The van der Waals surface area contributed by atoms with Gasteiger partial charge in [-0.05, 0) is 323 Å². The van der Waals surface area contributed by atoms with Gasteiger partial charge < -0.3 is 28.4 Å². The van der Waals surface area contributed by atoms with Gasteiger partial charge in [0, 0.05) is 38.1 Å². The maximum atomic E-state index is 13.1. The van der Waals surface area contributed by atoms with Crippen molar-refractivity contribution < 1.29 is 38.0 Å². The van der Waals surface area contributed by atoms with Gasteiger partial charge in [0.15, 0.2) is 0 Å². The Morgan fingerprint density at radius 2 is 0.786 bits per heavy atom. The third-order valence-electron chi connectivity index (χ3n) is 28.2. The third kappa shape index (κ3) is 18.8. The number of hydrogen-bond donors (Lipinski definition) is 0. The normalized spacial score (nSPS) is 30.6. The molecule has 560 valence electrons. The average molecular weight is 1400 g/mol. The van der Waals surface area contributed by atoms with Crippen molar-refractivity contribution in [2.24, 2.45) is 103 Å². The van der Waals surface area contributed by atoms with E-state index in [2.05, 4.69) is 91.4 Å². The van der Waals surface area contributed by atoms with Crippen LogP contribution in [0.15, 0.2) is 130 Å². The lowest BCUT2D eigenvalue weighted by Gasteiger charge is -2.58. The van der Waals surface area contributed by atoms with Crippen molar-refractivity contribution in [1.82, 2.24) is 0 Å². The lowest BCUT2D eigenvalue weighted by molar-refractivity contribution is -0.152. The third-order valence-corrected chi connectivity index (χ3v) is 28.2. The van der Waals surface area contributed by atoms with Gasteiger partial charge >= 0.3 is 11.9 Å². The molecule has 0 N–H and O–H groups in total. The fraction of sp³-hybridized carbons (Fsp3) is 0.656. The van der Waals surface area contributed by atoms with Crippen molar-refractivity contribution in [3.8, 4) is 23.0 Å². The number of nitrogens with zero attached hydrogens (tertiary/aromatic N) is 2. The van der Waals surface area contributed by atoms with Crippen molar-refractivity contribution >= 4 is 35.7 Å². The fourth-order valence-electron chi connectivity index (χ4n) is 22.4. The molecule has 10 nitrogen and oxygen atoms in total. The number of allylic oxidation sites excluding steroid dienone is 2. The maximum absolute atomic E-state index is 13.1. The molecule has 4 aromatic rings. The summed E-state index contributed by atoms with van der Waals surface area (Å²) in [6.45, 7) is 27.3. The summed E-state index contributed by atoms with van der Waals surface area (Å²) < 4.78 is 36.5. The lowest BCUT2D eigenvalue weighted by Crippen LogP contribution is -2.51. The number of benzene rings is 4. The first-order valence-corrected chi connectivity index (χ1v) is 41.5. The second kappa shape index (κ2) is 35.0. The zero-order chi connectivity index (χ0) is 72.1. The van der Waals surface area contributed by atoms with Crippen LogP contribution in [0.4, 0.5) is 11.4 Å². The van der Waals surface area contributed by atoms with E-state index < -0.39 is 0 Å². The molecule has 10 heteroatoms. The first-order valence-electron chi connectivity index (χ1n) is 41.5. The Kier molecular flexibility index (Phi) is 26.0. The Balaban J connectivity index is 0.469. The minimum atomic E-state index is -0.0992. The Bertz CT molecular complexity index is 3270. The van der Waals surface area contributed by atoms with Crippen LogP contribution in [0, 0.1) is 92.7 Å². The molecule has 0 aromatic heterocycles. The maximum Gasteiger partial charge on any atom is 0.306 e. The number of carbonyl (C=O) groups is 2. The van der Waals surface area contributed by atoms with Crippen LogP contribution in [0.2, 0.25) is 0 Å². The molecule has 0 bridgehead atoms. The predicted molar refractivity (Wildman–Crippen MR) is 420 cm³/mol. The Labute approximate surface area is 621 Å². The lowest BCUT2D eigenvalue weighted by atomic mass is 9.47. The van der Waals surface area contributed by atoms with E-state index in [0.29, 0.717) is 62.9 Å². The van der Waals surface area contributed by atoms with Gasteiger partial charge in [0.25, 0.3) is 0 Å². The number of hydrogen-bond acceptors (Lipinski definition) is 10. The molecule has 0 heterocycles. The monoisotopic (exact) mass is 1400 g/mol. The number of ether oxygens (including phenoxy) is 6. The van der Waals surface area contributed by atoms with Crippen molar-refractivity contribution in [3.05, 3.63) is 131 Å². The van der Waals surface area contributed by atoms with Crippen LogP contribution >= 0.6 is 0 Å². The molecule has 0 saturated heterocycles. The highest BCUT2D eigenvalue weighted by Gasteiger charge is 2.61. The summed E-state index contributed by atoms with van der Waals surface area (Å²) >= 11 is 0. The molecule has 8 aliphatic carbocycles. The van der Waals surface area contributed by atoms with E-state index in [4.69, 9.17) is 28.4 Å².